The van der Waals surface area contributed by atoms with E-state index in [0.717, 1.165) is 12.8 Å². The molecule has 24 heavy (non-hydrogen) atoms. The molecule has 4 atom stereocenters. The summed E-state index contributed by atoms with van der Waals surface area (Å²) in [4.78, 5) is 38.1. The van der Waals surface area contributed by atoms with Gasteiger partial charge in [-0.3, -0.25) is 19.3 Å². The van der Waals surface area contributed by atoms with Crippen LogP contribution in [0.2, 0.25) is 0 Å². The lowest BCUT2D eigenvalue weighted by molar-refractivity contribution is -0.141. The molecule has 1 saturated carbocycles. The Kier molecular flexibility index (Phi) is 5.33. The Morgan fingerprint density at radius 2 is 1.88 bits per heavy atom. The monoisotopic (exact) mass is 334 g/mol. The topological polar surface area (TPSA) is 75.7 Å². The van der Waals surface area contributed by atoms with Gasteiger partial charge >= 0.3 is 0 Å². The summed E-state index contributed by atoms with van der Waals surface area (Å²) in [5, 5.41) is 2.79. The van der Waals surface area contributed by atoms with E-state index in [2.05, 4.69) is 17.5 Å². The number of hydrogen-bond acceptors (Lipinski definition) is 4. The number of allylic oxidation sites excluding steroid dienone is 2. The van der Waals surface area contributed by atoms with Gasteiger partial charge in [0.25, 0.3) is 0 Å². The van der Waals surface area contributed by atoms with Crippen molar-refractivity contribution in [1.29, 1.82) is 0 Å². The number of amides is 3. The first-order valence-corrected chi connectivity index (χ1v) is 9.01. The summed E-state index contributed by atoms with van der Waals surface area (Å²) in [6, 6.07) is 0. The van der Waals surface area contributed by atoms with Crippen LogP contribution in [0.15, 0.2) is 12.2 Å². The first kappa shape index (κ1) is 17.1. The molecule has 1 heterocycles. The van der Waals surface area contributed by atoms with Crippen LogP contribution in [-0.2, 0) is 19.1 Å². The fourth-order valence-corrected chi connectivity index (χ4v) is 4.18. The maximum absolute atomic E-state index is 12.5. The van der Waals surface area contributed by atoms with Crippen LogP contribution < -0.4 is 5.32 Å². The van der Waals surface area contributed by atoms with Crippen LogP contribution >= 0.6 is 0 Å². The minimum Gasteiger partial charge on any atom is -0.380 e. The Morgan fingerprint density at radius 1 is 1.21 bits per heavy atom. The molecule has 0 spiro atoms. The van der Waals surface area contributed by atoms with Crippen molar-refractivity contribution in [1.82, 2.24) is 10.2 Å². The molecule has 0 aromatic carbocycles. The lowest BCUT2D eigenvalue weighted by Crippen LogP contribution is -2.35. The highest BCUT2D eigenvalue weighted by Gasteiger charge is 2.58. The number of ether oxygens (including phenoxy) is 1. The third-order valence-electron chi connectivity index (χ3n) is 5.26. The first-order chi connectivity index (χ1) is 11.6. The second-order valence-electron chi connectivity index (χ2n) is 6.89. The molecular weight excluding hydrogens is 308 g/mol. The smallest absolute Gasteiger partial charge is 0.233 e. The normalized spacial score (nSPS) is 30.3. The van der Waals surface area contributed by atoms with E-state index in [4.69, 9.17) is 4.74 Å². The maximum Gasteiger partial charge on any atom is 0.233 e. The van der Waals surface area contributed by atoms with E-state index < -0.39 is 0 Å². The largest absolute Gasteiger partial charge is 0.380 e. The SMILES string of the molecule is CCCOCCNC(=O)CCCN1C(=O)[C@@H]2C3C=CC(C3)[C@@H]2C1=O. The first-order valence-electron chi connectivity index (χ1n) is 9.01. The molecule has 6 nitrogen and oxygen atoms in total. The Hall–Kier alpha value is -1.69. The molecule has 2 aliphatic carbocycles. The van der Waals surface area contributed by atoms with Crippen molar-refractivity contribution in [3.63, 3.8) is 0 Å². The fourth-order valence-electron chi connectivity index (χ4n) is 4.18. The molecule has 0 aromatic rings. The van der Waals surface area contributed by atoms with Gasteiger partial charge in [-0.25, -0.2) is 0 Å². The van der Waals surface area contributed by atoms with Gasteiger partial charge in [-0.2, -0.15) is 0 Å². The molecule has 2 unspecified atom stereocenters. The molecule has 6 heteroatoms. The minimum atomic E-state index is -0.142. The molecule has 2 bridgehead atoms. The molecule has 0 aromatic heterocycles. The summed E-state index contributed by atoms with van der Waals surface area (Å²) < 4.78 is 5.30. The second-order valence-corrected chi connectivity index (χ2v) is 6.89. The van der Waals surface area contributed by atoms with Crippen LogP contribution in [-0.4, -0.2) is 48.9 Å². The number of carbonyl (C=O) groups excluding carboxylic acids is 3. The predicted molar refractivity (Wildman–Crippen MR) is 87.8 cm³/mol. The number of hydrogen-bond donors (Lipinski definition) is 1. The van der Waals surface area contributed by atoms with E-state index in [0.29, 0.717) is 39.1 Å². The van der Waals surface area contributed by atoms with Crippen LogP contribution in [0.4, 0.5) is 0 Å². The number of fused-ring (bicyclic) bond motifs is 5. The van der Waals surface area contributed by atoms with Crippen LogP contribution in [0.1, 0.15) is 32.6 Å². The summed E-state index contributed by atoms with van der Waals surface area (Å²) in [7, 11) is 0. The number of imide groups is 1. The van der Waals surface area contributed by atoms with Gasteiger partial charge in [0.1, 0.15) is 0 Å². The second kappa shape index (κ2) is 7.47. The number of nitrogens with zero attached hydrogens (tertiary/aromatic N) is 1. The Morgan fingerprint density at radius 3 is 2.50 bits per heavy atom. The third kappa shape index (κ3) is 3.24. The van der Waals surface area contributed by atoms with Gasteiger partial charge in [-0.05, 0) is 31.1 Å². The molecule has 3 rings (SSSR count). The van der Waals surface area contributed by atoms with Crippen LogP contribution in [0.5, 0.6) is 0 Å². The van der Waals surface area contributed by atoms with Crippen molar-refractivity contribution in [2.24, 2.45) is 23.7 Å². The van der Waals surface area contributed by atoms with Gasteiger partial charge in [-0.15, -0.1) is 0 Å². The summed E-state index contributed by atoms with van der Waals surface area (Å²) in [5.74, 6) is 0.0800. The highest BCUT2D eigenvalue weighted by Crippen LogP contribution is 2.52. The Labute approximate surface area is 142 Å². The predicted octanol–water partition coefficient (Wildman–Crippen LogP) is 1.12. The number of carbonyl (C=O) groups is 3. The Balaban J connectivity index is 1.38. The van der Waals surface area contributed by atoms with E-state index in [1.165, 1.54) is 4.90 Å². The summed E-state index contributed by atoms with van der Waals surface area (Å²) in [6.07, 6.45) is 6.93. The van der Waals surface area contributed by atoms with Crippen LogP contribution in [0, 0.1) is 23.7 Å². The minimum absolute atomic E-state index is 0.0322. The molecule has 1 saturated heterocycles. The lowest BCUT2D eigenvalue weighted by Gasteiger charge is -2.16. The van der Waals surface area contributed by atoms with Crippen molar-refractivity contribution in [3.8, 4) is 0 Å². The van der Waals surface area contributed by atoms with Gasteiger partial charge in [0, 0.05) is 26.1 Å². The van der Waals surface area contributed by atoms with Crippen molar-refractivity contribution >= 4 is 17.7 Å². The van der Waals surface area contributed by atoms with Gasteiger partial charge < -0.3 is 10.1 Å². The Bertz CT molecular complexity index is 515. The van der Waals surface area contributed by atoms with Gasteiger partial charge in [-0.1, -0.05) is 19.1 Å². The number of nitrogens with one attached hydrogen (secondary N) is 1. The van der Waals surface area contributed by atoms with Crippen LogP contribution in [0.3, 0.4) is 0 Å². The highest BCUT2D eigenvalue weighted by atomic mass is 16.5. The van der Waals surface area contributed by atoms with Crippen molar-refractivity contribution < 1.29 is 19.1 Å². The summed E-state index contributed by atoms with van der Waals surface area (Å²) in [5.41, 5.74) is 0. The molecule has 1 N–H and O–H groups in total. The quantitative estimate of drug-likeness (QED) is 0.389. The average Bonchev–Trinajstić information content (AvgIpc) is 3.24. The average molecular weight is 334 g/mol. The molecular formula is C18H26N2O4. The van der Waals surface area contributed by atoms with E-state index in [9.17, 15) is 14.4 Å². The van der Waals surface area contributed by atoms with Gasteiger partial charge in [0.05, 0.1) is 18.4 Å². The molecule has 0 radical (unpaired) electrons. The van der Waals surface area contributed by atoms with E-state index in [-0.39, 0.29) is 41.4 Å². The summed E-state index contributed by atoms with van der Waals surface area (Å²) >= 11 is 0. The van der Waals surface area contributed by atoms with Crippen LogP contribution in [0.25, 0.3) is 0 Å². The zero-order valence-corrected chi connectivity index (χ0v) is 14.2. The fraction of sp³-hybridized carbons (Fsp3) is 0.722. The van der Waals surface area contributed by atoms with E-state index in [1.54, 1.807) is 0 Å². The van der Waals surface area contributed by atoms with Crippen molar-refractivity contribution in [2.45, 2.75) is 32.6 Å². The summed E-state index contributed by atoms with van der Waals surface area (Å²) in [6.45, 7) is 4.11. The van der Waals surface area contributed by atoms with Crippen molar-refractivity contribution in [3.05, 3.63) is 12.2 Å². The molecule has 3 amide bonds. The van der Waals surface area contributed by atoms with E-state index >= 15 is 0 Å². The standard InChI is InChI=1S/C18H26N2O4/c1-2-9-24-10-7-19-14(21)4-3-8-20-17(22)15-12-5-6-13(11-12)16(15)18(20)23/h5-6,12-13,15-16H,2-4,7-11H2,1H3,(H,19,21)/t12?,13?,15-,16+. The number of likely N-dealkylation sites (tertiary alicyclic amines) is 1. The molecule has 3 aliphatic rings. The highest BCUT2D eigenvalue weighted by molar-refractivity contribution is 6.06. The zero-order valence-electron chi connectivity index (χ0n) is 14.2. The molecule has 1 aliphatic heterocycles. The third-order valence-corrected chi connectivity index (χ3v) is 5.26. The molecule has 132 valence electrons. The van der Waals surface area contributed by atoms with Gasteiger partial charge in [0.15, 0.2) is 0 Å². The van der Waals surface area contributed by atoms with Crippen molar-refractivity contribution in [2.75, 3.05) is 26.3 Å². The number of rotatable bonds is 9. The van der Waals surface area contributed by atoms with E-state index in [1.807, 2.05) is 6.92 Å². The van der Waals surface area contributed by atoms with Gasteiger partial charge in [0.2, 0.25) is 17.7 Å². The molecule has 2 fully saturated rings. The zero-order chi connectivity index (χ0) is 17.1. The lowest BCUT2D eigenvalue weighted by atomic mass is 9.85. The maximum atomic E-state index is 12.5.